The van der Waals surface area contributed by atoms with E-state index in [4.69, 9.17) is 5.73 Å². The van der Waals surface area contributed by atoms with E-state index in [9.17, 15) is 0 Å². The highest BCUT2D eigenvalue weighted by Crippen LogP contribution is 2.19. The van der Waals surface area contributed by atoms with Crippen LogP contribution in [0.25, 0.3) is 10.9 Å². The third-order valence-electron chi connectivity index (χ3n) is 2.82. The molecule has 0 aliphatic heterocycles. The van der Waals surface area contributed by atoms with Crippen LogP contribution in [0, 0.1) is 0 Å². The summed E-state index contributed by atoms with van der Waals surface area (Å²) >= 11 is 0. The van der Waals surface area contributed by atoms with E-state index in [1.165, 1.54) is 16.5 Å². The molecular weight excluding hydrogens is 184 g/mol. The van der Waals surface area contributed by atoms with Crippen LogP contribution in [-0.2, 0) is 6.42 Å². The molecule has 0 amide bonds. The van der Waals surface area contributed by atoms with E-state index in [1.807, 2.05) is 0 Å². The Kier molecular flexibility index (Phi) is 3.07. The molecule has 2 nitrogen and oxygen atoms in total. The third-order valence-corrected chi connectivity index (χ3v) is 2.82. The SMILES string of the molecule is CCCC(N)Cc1c[nH]c2ccccc12. The molecule has 1 unspecified atom stereocenters. The van der Waals surface area contributed by atoms with Crippen molar-refractivity contribution in [2.75, 3.05) is 0 Å². The lowest BCUT2D eigenvalue weighted by molar-refractivity contribution is 0.602. The predicted octanol–water partition coefficient (Wildman–Crippen LogP) is 2.84. The highest BCUT2D eigenvalue weighted by atomic mass is 14.7. The molecule has 15 heavy (non-hydrogen) atoms. The lowest BCUT2D eigenvalue weighted by atomic mass is 10.0. The Bertz CT molecular complexity index is 431. The van der Waals surface area contributed by atoms with Gasteiger partial charge in [0, 0.05) is 23.1 Å². The van der Waals surface area contributed by atoms with Crippen molar-refractivity contribution in [2.24, 2.45) is 5.73 Å². The highest BCUT2D eigenvalue weighted by molar-refractivity contribution is 5.83. The zero-order valence-electron chi connectivity index (χ0n) is 9.16. The second-order valence-corrected chi connectivity index (χ2v) is 4.11. The largest absolute Gasteiger partial charge is 0.361 e. The van der Waals surface area contributed by atoms with Gasteiger partial charge in [-0.25, -0.2) is 0 Å². The van der Waals surface area contributed by atoms with Crippen molar-refractivity contribution in [2.45, 2.75) is 32.2 Å². The first-order valence-electron chi connectivity index (χ1n) is 5.62. The quantitative estimate of drug-likeness (QED) is 0.786. The van der Waals surface area contributed by atoms with Crippen LogP contribution < -0.4 is 5.73 Å². The molecular formula is C13H18N2. The second kappa shape index (κ2) is 4.49. The van der Waals surface area contributed by atoms with Gasteiger partial charge in [0.1, 0.15) is 0 Å². The minimum Gasteiger partial charge on any atom is -0.361 e. The molecule has 1 heterocycles. The van der Waals surface area contributed by atoms with Crippen molar-refractivity contribution in [1.29, 1.82) is 0 Å². The van der Waals surface area contributed by atoms with Crippen molar-refractivity contribution < 1.29 is 0 Å². The Morgan fingerprint density at radius 3 is 2.93 bits per heavy atom. The van der Waals surface area contributed by atoms with Crippen LogP contribution in [0.5, 0.6) is 0 Å². The number of aromatic amines is 1. The average molecular weight is 202 g/mol. The fourth-order valence-electron chi connectivity index (χ4n) is 2.06. The molecule has 3 N–H and O–H groups in total. The van der Waals surface area contributed by atoms with Crippen LogP contribution in [-0.4, -0.2) is 11.0 Å². The summed E-state index contributed by atoms with van der Waals surface area (Å²) in [6, 6.07) is 8.66. The predicted molar refractivity (Wildman–Crippen MR) is 64.9 cm³/mol. The average Bonchev–Trinajstić information content (AvgIpc) is 2.62. The van der Waals surface area contributed by atoms with E-state index in [1.54, 1.807) is 0 Å². The lowest BCUT2D eigenvalue weighted by Crippen LogP contribution is -2.22. The fourth-order valence-corrected chi connectivity index (χ4v) is 2.06. The number of nitrogens with one attached hydrogen (secondary N) is 1. The molecule has 0 radical (unpaired) electrons. The van der Waals surface area contributed by atoms with E-state index in [0.717, 1.165) is 19.3 Å². The van der Waals surface area contributed by atoms with Crippen molar-refractivity contribution in [3.63, 3.8) is 0 Å². The van der Waals surface area contributed by atoms with Gasteiger partial charge in [-0.3, -0.25) is 0 Å². The second-order valence-electron chi connectivity index (χ2n) is 4.11. The zero-order valence-corrected chi connectivity index (χ0v) is 9.16. The standard InChI is InChI=1S/C13H18N2/c1-2-5-11(14)8-10-9-15-13-7-4-3-6-12(10)13/h3-4,6-7,9,11,15H,2,5,8,14H2,1H3. The summed E-state index contributed by atoms with van der Waals surface area (Å²) < 4.78 is 0. The molecule has 0 saturated carbocycles. The molecule has 0 fully saturated rings. The molecule has 2 heteroatoms. The summed E-state index contributed by atoms with van der Waals surface area (Å²) in [5.41, 5.74) is 8.60. The van der Waals surface area contributed by atoms with Crippen LogP contribution in [0.4, 0.5) is 0 Å². The number of hydrogen-bond acceptors (Lipinski definition) is 1. The molecule has 80 valence electrons. The van der Waals surface area contributed by atoms with E-state index in [0.29, 0.717) is 0 Å². The number of benzene rings is 1. The first kappa shape index (κ1) is 10.2. The zero-order chi connectivity index (χ0) is 10.7. The Labute approximate surface area is 90.5 Å². The molecule has 2 aromatic rings. The van der Waals surface area contributed by atoms with Crippen molar-refractivity contribution in [1.82, 2.24) is 4.98 Å². The van der Waals surface area contributed by atoms with Crippen LogP contribution in [0.3, 0.4) is 0 Å². The highest BCUT2D eigenvalue weighted by Gasteiger charge is 2.07. The summed E-state index contributed by atoms with van der Waals surface area (Å²) in [5, 5.41) is 1.31. The maximum atomic E-state index is 6.05. The third kappa shape index (κ3) is 2.21. The molecule has 1 atom stereocenters. The summed E-state index contributed by atoms with van der Waals surface area (Å²) in [6.07, 6.45) is 5.31. The van der Waals surface area contributed by atoms with Gasteiger partial charge in [0.2, 0.25) is 0 Å². The Balaban J connectivity index is 2.21. The van der Waals surface area contributed by atoms with Crippen LogP contribution in [0.1, 0.15) is 25.3 Å². The van der Waals surface area contributed by atoms with Crippen LogP contribution >= 0.6 is 0 Å². The van der Waals surface area contributed by atoms with E-state index in [-0.39, 0.29) is 6.04 Å². The Hall–Kier alpha value is -1.28. The Morgan fingerprint density at radius 2 is 2.13 bits per heavy atom. The van der Waals surface area contributed by atoms with Gasteiger partial charge in [-0.1, -0.05) is 31.5 Å². The van der Waals surface area contributed by atoms with Crippen molar-refractivity contribution in [3.8, 4) is 0 Å². The molecule has 0 bridgehead atoms. The number of para-hydroxylation sites is 1. The minimum absolute atomic E-state index is 0.286. The van der Waals surface area contributed by atoms with E-state index >= 15 is 0 Å². The first-order valence-corrected chi connectivity index (χ1v) is 5.62. The summed E-state index contributed by atoms with van der Waals surface area (Å²) in [6.45, 7) is 2.18. The van der Waals surface area contributed by atoms with Crippen molar-refractivity contribution in [3.05, 3.63) is 36.0 Å². The number of fused-ring (bicyclic) bond motifs is 1. The number of rotatable bonds is 4. The van der Waals surface area contributed by atoms with Gasteiger partial charge < -0.3 is 10.7 Å². The van der Waals surface area contributed by atoms with Gasteiger partial charge in [-0.15, -0.1) is 0 Å². The topological polar surface area (TPSA) is 41.8 Å². The van der Waals surface area contributed by atoms with Crippen LogP contribution in [0.15, 0.2) is 30.5 Å². The molecule has 0 aliphatic carbocycles. The number of nitrogens with two attached hydrogens (primary N) is 1. The molecule has 1 aromatic heterocycles. The van der Waals surface area contributed by atoms with E-state index < -0.39 is 0 Å². The molecule has 0 saturated heterocycles. The normalized spacial score (nSPS) is 13.2. The van der Waals surface area contributed by atoms with Gasteiger partial charge >= 0.3 is 0 Å². The summed E-state index contributed by atoms with van der Waals surface area (Å²) in [7, 11) is 0. The van der Waals surface area contributed by atoms with Gasteiger partial charge in [-0.2, -0.15) is 0 Å². The minimum atomic E-state index is 0.286. The van der Waals surface area contributed by atoms with Crippen molar-refractivity contribution >= 4 is 10.9 Å². The molecule has 0 aliphatic rings. The molecule has 1 aromatic carbocycles. The van der Waals surface area contributed by atoms with Gasteiger partial charge in [0.05, 0.1) is 0 Å². The molecule has 0 spiro atoms. The number of H-pyrrole nitrogens is 1. The maximum Gasteiger partial charge on any atom is 0.0456 e. The van der Waals surface area contributed by atoms with Gasteiger partial charge in [0.15, 0.2) is 0 Å². The first-order chi connectivity index (χ1) is 7.31. The van der Waals surface area contributed by atoms with Crippen LogP contribution in [0.2, 0.25) is 0 Å². The maximum absolute atomic E-state index is 6.05. The monoisotopic (exact) mass is 202 g/mol. The van der Waals surface area contributed by atoms with Gasteiger partial charge in [0.25, 0.3) is 0 Å². The number of hydrogen-bond donors (Lipinski definition) is 2. The Morgan fingerprint density at radius 1 is 1.33 bits per heavy atom. The summed E-state index contributed by atoms with van der Waals surface area (Å²) in [5.74, 6) is 0. The number of aromatic nitrogens is 1. The lowest BCUT2D eigenvalue weighted by Gasteiger charge is -2.08. The fraction of sp³-hybridized carbons (Fsp3) is 0.385. The smallest absolute Gasteiger partial charge is 0.0456 e. The van der Waals surface area contributed by atoms with E-state index in [2.05, 4.69) is 42.4 Å². The molecule has 2 rings (SSSR count). The van der Waals surface area contributed by atoms with Gasteiger partial charge in [-0.05, 0) is 24.5 Å². The summed E-state index contributed by atoms with van der Waals surface area (Å²) in [4.78, 5) is 3.28.